The molecule has 0 aliphatic carbocycles. The first-order valence-electron chi connectivity index (χ1n) is 10.2. The molecule has 1 aromatic carbocycles. The van der Waals surface area contributed by atoms with Crippen LogP contribution in [0.25, 0.3) is 0 Å². The first kappa shape index (κ1) is 32.8. The molecule has 0 saturated heterocycles. The lowest BCUT2D eigenvalue weighted by atomic mass is 9.94. The monoisotopic (exact) mass is 708 g/mol. The van der Waals surface area contributed by atoms with E-state index in [-0.39, 0.29) is 30.2 Å². The van der Waals surface area contributed by atoms with Gasteiger partial charge >= 0.3 is 0 Å². The maximum Gasteiger partial charge on any atom is 0.253 e. The molecule has 36 heavy (non-hydrogen) atoms. The molecule has 14 nitrogen and oxygen atoms in total. The number of carbonyl (C=O) groups is 3. The molecule has 0 saturated carbocycles. The Balaban J connectivity index is 3.55. The molecule has 3 amide bonds. The minimum absolute atomic E-state index is 0.0101. The maximum atomic E-state index is 13.3. The predicted octanol–water partition coefficient (Wildman–Crippen LogP) is -2.75. The molecule has 0 fully saturated rings. The van der Waals surface area contributed by atoms with Crippen LogP contribution in [0.4, 0.5) is 5.69 Å². The lowest BCUT2D eigenvalue weighted by molar-refractivity contribution is -0.123. The van der Waals surface area contributed by atoms with Crippen molar-refractivity contribution < 1.29 is 50.1 Å². The van der Waals surface area contributed by atoms with E-state index in [1.54, 1.807) is 0 Å². The van der Waals surface area contributed by atoms with Crippen LogP contribution in [0.2, 0.25) is 0 Å². The summed E-state index contributed by atoms with van der Waals surface area (Å²) in [6.07, 6.45) is -10.0. The van der Waals surface area contributed by atoms with Crippen LogP contribution in [-0.2, 0) is 4.79 Å². The topological polar surface area (TPSA) is 269 Å². The molecule has 204 valence electrons. The third-order valence-electron chi connectivity index (χ3n) is 4.99. The Morgan fingerprint density at radius 2 is 1.39 bits per heavy atom. The summed E-state index contributed by atoms with van der Waals surface area (Å²) in [7, 11) is 0. The quantitative estimate of drug-likeness (QED) is 0.0999. The highest BCUT2D eigenvalue weighted by atomic mass is 79.9. The maximum absolute atomic E-state index is 13.3. The Labute approximate surface area is 230 Å². The molecule has 0 radical (unpaired) electrons. The second-order valence-corrected chi connectivity index (χ2v) is 9.94. The van der Waals surface area contributed by atoms with Crippen LogP contribution >= 0.6 is 47.8 Å². The van der Waals surface area contributed by atoms with Gasteiger partial charge in [-0.3, -0.25) is 14.4 Å². The molecule has 0 bridgehead atoms. The van der Waals surface area contributed by atoms with Gasteiger partial charge in [-0.25, -0.2) is 0 Å². The fourth-order valence-corrected chi connectivity index (χ4v) is 5.98. The van der Waals surface area contributed by atoms with Crippen molar-refractivity contribution in [2.75, 3.05) is 25.1 Å². The normalized spacial score (nSPS) is 16.4. The standard InChI is InChI=1S/C19H27Br3N4O10/c20-11-9(18(24)35)12(21)14(26-8(31)2-23)13(22)10(11)19(36)25-6(1-5(29)3-27)15(32)17(34)16(33)7(30)4-28/h5-7,15-17,27-30,32-34H,1-4,23H2,(H2,24,35)(H,25,36)(H,26,31). The van der Waals surface area contributed by atoms with Crippen LogP contribution in [0.15, 0.2) is 13.4 Å². The first-order chi connectivity index (χ1) is 16.7. The minimum atomic E-state index is -2.11. The van der Waals surface area contributed by atoms with E-state index in [0.717, 1.165) is 0 Å². The number of anilines is 1. The number of carbonyl (C=O) groups excluding carboxylic acids is 3. The SMILES string of the molecule is NCC(=O)Nc1c(Br)c(C(N)=O)c(Br)c(C(=O)NC(CC(O)CO)C(O)C(O)C(O)C(O)CO)c1Br. The second-order valence-electron chi connectivity index (χ2n) is 7.56. The van der Waals surface area contributed by atoms with Gasteiger partial charge in [0.25, 0.3) is 11.8 Å². The van der Waals surface area contributed by atoms with E-state index in [4.69, 9.17) is 16.6 Å². The van der Waals surface area contributed by atoms with E-state index >= 15 is 0 Å². The molecule has 0 heterocycles. The Bertz CT molecular complexity index is 970. The van der Waals surface area contributed by atoms with Crippen molar-refractivity contribution in [1.29, 1.82) is 0 Å². The summed E-state index contributed by atoms with van der Waals surface area (Å²) in [5, 5.41) is 73.1. The fourth-order valence-electron chi connectivity index (χ4n) is 3.05. The van der Waals surface area contributed by atoms with Gasteiger partial charge in [0.2, 0.25) is 5.91 Å². The van der Waals surface area contributed by atoms with Gasteiger partial charge in [0.05, 0.1) is 57.7 Å². The van der Waals surface area contributed by atoms with E-state index < -0.39 is 80.5 Å². The Kier molecular flexibility index (Phi) is 13.3. The van der Waals surface area contributed by atoms with E-state index in [1.165, 1.54) is 0 Å². The number of nitrogens with one attached hydrogen (secondary N) is 2. The number of aliphatic hydroxyl groups excluding tert-OH is 7. The summed E-state index contributed by atoms with van der Waals surface area (Å²) in [6, 6.07) is -1.54. The summed E-state index contributed by atoms with van der Waals surface area (Å²) in [6.45, 7) is -2.17. The van der Waals surface area contributed by atoms with Crippen molar-refractivity contribution >= 4 is 71.2 Å². The lowest BCUT2D eigenvalue weighted by Crippen LogP contribution is -2.55. The van der Waals surface area contributed by atoms with Crippen molar-refractivity contribution in [3.8, 4) is 0 Å². The first-order valence-corrected chi connectivity index (χ1v) is 12.5. The number of nitrogens with two attached hydrogens (primary N) is 2. The molecule has 0 aromatic heterocycles. The van der Waals surface area contributed by atoms with Gasteiger partial charge in [0.15, 0.2) is 0 Å². The van der Waals surface area contributed by atoms with Crippen molar-refractivity contribution in [3.63, 3.8) is 0 Å². The Morgan fingerprint density at radius 1 is 0.833 bits per heavy atom. The summed E-state index contributed by atoms with van der Waals surface area (Å²) in [5.74, 6) is -2.70. The van der Waals surface area contributed by atoms with E-state index in [9.17, 15) is 45.0 Å². The zero-order valence-electron chi connectivity index (χ0n) is 18.4. The number of benzene rings is 1. The van der Waals surface area contributed by atoms with Crippen LogP contribution in [-0.4, -0.2) is 110 Å². The largest absolute Gasteiger partial charge is 0.394 e. The number of amides is 3. The molecule has 0 aliphatic heterocycles. The van der Waals surface area contributed by atoms with Crippen molar-refractivity contribution in [2.45, 2.75) is 43.0 Å². The Morgan fingerprint density at radius 3 is 1.86 bits per heavy atom. The number of aliphatic hydroxyl groups is 7. The molecular weight excluding hydrogens is 684 g/mol. The average Bonchev–Trinajstić information content (AvgIpc) is 2.83. The van der Waals surface area contributed by atoms with Gasteiger partial charge in [-0.05, 0) is 54.2 Å². The van der Waals surface area contributed by atoms with Crippen LogP contribution in [0.3, 0.4) is 0 Å². The minimum Gasteiger partial charge on any atom is -0.394 e. The van der Waals surface area contributed by atoms with Gasteiger partial charge in [0, 0.05) is 4.47 Å². The third kappa shape index (κ3) is 7.87. The molecule has 0 spiro atoms. The fraction of sp³-hybridized carbons (Fsp3) is 0.526. The zero-order valence-corrected chi connectivity index (χ0v) is 23.2. The van der Waals surface area contributed by atoms with Crippen molar-refractivity contribution in [2.24, 2.45) is 11.5 Å². The summed E-state index contributed by atoms with van der Waals surface area (Å²) >= 11 is 9.42. The molecule has 1 rings (SSSR count). The number of hydrogen-bond acceptors (Lipinski definition) is 11. The second kappa shape index (κ2) is 14.6. The summed E-state index contributed by atoms with van der Waals surface area (Å²) in [5.41, 5.74) is 10.1. The summed E-state index contributed by atoms with van der Waals surface area (Å²) in [4.78, 5) is 37.3. The molecule has 17 heteroatoms. The highest BCUT2D eigenvalue weighted by molar-refractivity contribution is 9.11. The van der Waals surface area contributed by atoms with Crippen LogP contribution in [0.1, 0.15) is 27.1 Å². The molecular formula is C19H27Br3N4O10. The lowest BCUT2D eigenvalue weighted by Gasteiger charge is -2.32. The number of primary amides is 1. The van der Waals surface area contributed by atoms with Gasteiger partial charge < -0.3 is 57.8 Å². The van der Waals surface area contributed by atoms with Gasteiger partial charge in [-0.2, -0.15) is 0 Å². The highest BCUT2D eigenvalue weighted by Crippen LogP contribution is 2.42. The van der Waals surface area contributed by atoms with Crippen LogP contribution < -0.4 is 22.1 Å². The Hall–Kier alpha value is -1.25. The number of rotatable bonds is 13. The number of halogens is 3. The molecule has 6 atom stereocenters. The van der Waals surface area contributed by atoms with Crippen LogP contribution in [0, 0.1) is 0 Å². The van der Waals surface area contributed by atoms with E-state index in [2.05, 4.69) is 58.4 Å². The van der Waals surface area contributed by atoms with Gasteiger partial charge in [-0.1, -0.05) is 0 Å². The molecule has 6 unspecified atom stereocenters. The van der Waals surface area contributed by atoms with Gasteiger partial charge in [0.1, 0.15) is 24.4 Å². The molecule has 1 aromatic rings. The van der Waals surface area contributed by atoms with Crippen molar-refractivity contribution in [1.82, 2.24) is 5.32 Å². The van der Waals surface area contributed by atoms with E-state index in [1.807, 2.05) is 0 Å². The highest BCUT2D eigenvalue weighted by Gasteiger charge is 2.37. The number of hydrogen-bond donors (Lipinski definition) is 11. The van der Waals surface area contributed by atoms with E-state index in [0.29, 0.717) is 0 Å². The zero-order chi connectivity index (χ0) is 27.9. The average molecular weight is 711 g/mol. The molecule has 0 aliphatic rings. The predicted molar refractivity (Wildman–Crippen MR) is 136 cm³/mol. The third-order valence-corrected chi connectivity index (χ3v) is 7.37. The van der Waals surface area contributed by atoms with Gasteiger partial charge in [-0.15, -0.1) is 0 Å². The van der Waals surface area contributed by atoms with Crippen LogP contribution in [0.5, 0.6) is 0 Å². The smallest absolute Gasteiger partial charge is 0.253 e. The summed E-state index contributed by atoms with van der Waals surface area (Å²) < 4.78 is -0.182. The molecule has 13 N–H and O–H groups in total. The van der Waals surface area contributed by atoms with Crippen molar-refractivity contribution in [3.05, 3.63) is 24.5 Å².